The molecule has 5 heteroatoms. The number of carbonyl (C=O) groups excluding carboxylic acids is 1. The fourth-order valence-corrected chi connectivity index (χ4v) is 2.15. The zero-order valence-corrected chi connectivity index (χ0v) is 10.8. The lowest BCUT2D eigenvalue weighted by atomic mass is 9.97. The summed E-state index contributed by atoms with van der Waals surface area (Å²) in [5.41, 5.74) is 0.994. The summed E-state index contributed by atoms with van der Waals surface area (Å²) in [5, 5.41) is 6.19. The van der Waals surface area contributed by atoms with Crippen LogP contribution in [0.5, 0.6) is 5.88 Å². The van der Waals surface area contributed by atoms with Crippen LogP contribution in [0.25, 0.3) is 0 Å². The van der Waals surface area contributed by atoms with Gasteiger partial charge in [0.2, 0.25) is 11.8 Å². The summed E-state index contributed by atoms with van der Waals surface area (Å²) in [7, 11) is 1.58. The first-order chi connectivity index (χ1) is 8.70. The van der Waals surface area contributed by atoms with E-state index in [0.717, 1.165) is 18.7 Å². The Labute approximate surface area is 107 Å². The molecule has 2 heterocycles. The SMILES string of the molecule is COc1cc(CNC(=O)C2CNCC2C)ccn1. The molecule has 1 saturated heterocycles. The van der Waals surface area contributed by atoms with Crippen LogP contribution < -0.4 is 15.4 Å². The lowest BCUT2D eigenvalue weighted by molar-refractivity contribution is -0.125. The lowest BCUT2D eigenvalue weighted by Gasteiger charge is -2.14. The first-order valence-electron chi connectivity index (χ1n) is 6.18. The molecule has 18 heavy (non-hydrogen) atoms. The maximum atomic E-state index is 12.0. The van der Waals surface area contributed by atoms with E-state index in [1.807, 2.05) is 12.1 Å². The summed E-state index contributed by atoms with van der Waals surface area (Å²) in [6.45, 7) is 4.30. The van der Waals surface area contributed by atoms with Gasteiger partial charge in [0, 0.05) is 25.4 Å². The molecule has 0 radical (unpaired) electrons. The number of ether oxygens (including phenoxy) is 1. The second-order valence-electron chi connectivity index (χ2n) is 4.67. The molecule has 2 atom stereocenters. The summed E-state index contributed by atoms with van der Waals surface area (Å²) in [6, 6.07) is 3.70. The molecule has 98 valence electrons. The standard InChI is InChI=1S/C13H19N3O2/c1-9-6-14-8-11(9)13(17)16-7-10-3-4-15-12(5-10)18-2/h3-5,9,11,14H,6-8H2,1-2H3,(H,16,17). The minimum atomic E-state index is 0.0775. The summed E-state index contributed by atoms with van der Waals surface area (Å²) < 4.78 is 5.04. The van der Waals surface area contributed by atoms with Crippen molar-refractivity contribution in [3.05, 3.63) is 23.9 Å². The van der Waals surface area contributed by atoms with Crippen LogP contribution in [0.2, 0.25) is 0 Å². The molecule has 5 nitrogen and oxygen atoms in total. The minimum Gasteiger partial charge on any atom is -0.481 e. The normalized spacial score (nSPS) is 22.8. The average Bonchev–Trinajstić information content (AvgIpc) is 2.82. The van der Waals surface area contributed by atoms with Crippen LogP contribution in [-0.4, -0.2) is 31.1 Å². The van der Waals surface area contributed by atoms with Crippen molar-refractivity contribution < 1.29 is 9.53 Å². The Bertz CT molecular complexity index is 422. The quantitative estimate of drug-likeness (QED) is 0.818. The first kappa shape index (κ1) is 12.8. The van der Waals surface area contributed by atoms with Gasteiger partial charge >= 0.3 is 0 Å². The van der Waals surface area contributed by atoms with Crippen molar-refractivity contribution in [3.63, 3.8) is 0 Å². The highest BCUT2D eigenvalue weighted by Crippen LogP contribution is 2.16. The topological polar surface area (TPSA) is 63.2 Å². The molecule has 1 amide bonds. The van der Waals surface area contributed by atoms with Crippen molar-refractivity contribution in [1.82, 2.24) is 15.6 Å². The van der Waals surface area contributed by atoms with Crippen LogP contribution in [0, 0.1) is 11.8 Å². The van der Waals surface area contributed by atoms with E-state index < -0.39 is 0 Å². The third-order valence-electron chi connectivity index (χ3n) is 3.33. The van der Waals surface area contributed by atoms with Gasteiger partial charge < -0.3 is 15.4 Å². The summed E-state index contributed by atoms with van der Waals surface area (Å²) in [6.07, 6.45) is 1.68. The number of methoxy groups -OCH3 is 1. The van der Waals surface area contributed by atoms with Crippen LogP contribution in [0.15, 0.2) is 18.3 Å². The van der Waals surface area contributed by atoms with Crippen molar-refractivity contribution in [3.8, 4) is 5.88 Å². The molecule has 1 aliphatic rings. The fourth-order valence-electron chi connectivity index (χ4n) is 2.15. The molecule has 0 bridgehead atoms. The van der Waals surface area contributed by atoms with E-state index in [2.05, 4.69) is 22.5 Å². The van der Waals surface area contributed by atoms with E-state index >= 15 is 0 Å². The van der Waals surface area contributed by atoms with E-state index in [4.69, 9.17) is 4.74 Å². The van der Waals surface area contributed by atoms with Gasteiger partial charge in [-0.25, -0.2) is 4.98 Å². The van der Waals surface area contributed by atoms with Crippen molar-refractivity contribution in [2.45, 2.75) is 13.5 Å². The predicted molar refractivity (Wildman–Crippen MR) is 68.2 cm³/mol. The third kappa shape index (κ3) is 2.98. The largest absolute Gasteiger partial charge is 0.481 e. The van der Waals surface area contributed by atoms with Gasteiger partial charge in [0.25, 0.3) is 0 Å². The molecular weight excluding hydrogens is 230 g/mol. The minimum absolute atomic E-state index is 0.0775. The molecule has 1 fully saturated rings. The number of nitrogens with one attached hydrogen (secondary N) is 2. The van der Waals surface area contributed by atoms with Crippen LogP contribution in [-0.2, 0) is 11.3 Å². The molecule has 1 aromatic rings. The van der Waals surface area contributed by atoms with Crippen molar-refractivity contribution in [1.29, 1.82) is 0 Å². The van der Waals surface area contributed by atoms with Crippen molar-refractivity contribution >= 4 is 5.91 Å². The predicted octanol–water partition coefficient (Wildman–Crippen LogP) is 0.562. The smallest absolute Gasteiger partial charge is 0.224 e. The second kappa shape index (κ2) is 5.82. The van der Waals surface area contributed by atoms with Crippen molar-refractivity contribution in [2.24, 2.45) is 11.8 Å². The van der Waals surface area contributed by atoms with Crippen LogP contribution >= 0.6 is 0 Å². The van der Waals surface area contributed by atoms with Crippen LogP contribution in [0.4, 0.5) is 0 Å². The van der Waals surface area contributed by atoms with Gasteiger partial charge in [-0.3, -0.25) is 4.79 Å². The Morgan fingerprint density at radius 1 is 1.61 bits per heavy atom. The second-order valence-corrected chi connectivity index (χ2v) is 4.67. The molecule has 2 unspecified atom stereocenters. The van der Waals surface area contributed by atoms with Crippen molar-refractivity contribution in [2.75, 3.05) is 20.2 Å². The summed E-state index contributed by atoms with van der Waals surface area (Å²) >= 11 is 0. The van der Waals surface area contributed by atoms with Crippen LogP contribution in [0.3, 0.4) is 0 Å². The fraction of sp³-hybridized carbons (Fsp3) is 0.538. The third-order valence-corrected chi connectivity index (χ3v) is 3.33. The van der Waals surface area contributed by atoms with Gasteiger partial charge in [0.1, 0.15) is 0 Å². The van der Waals surface area contributed by atoms with E-state index in [1.54, 1.807) is 13.3 Å². The van der Waals surface area contributed by atoms with E-state index in [0.29, 0.717) is 18.3 Å². The number of rotatable bonds is 4. The highest BCUT2D eigenvalue weighted by atomic mass is 16.5. The maximum absolute atomic E-state index is 12.0. The zero-order chi connectivity index (χ0) is 13.0. The number of aromatic nitrogens is 1. The summed E-state index contributed by atoms with van der Waals surface area (Å²) in [4.78, 5) is 16.0. The average molecular weight is 249 g/mol. The number of hydrogen-bond acceptors (Lipinski definition) is 4. The Morgan fingerprint density at radius 2 is 2.44 bits per heavy atom. The lowest BCUT2D eigenvalue weighted by Crippen LogP contribution is -2.33. The van der Waals surface area contributed by atoms with Gasteiger partial charge in [-0.15, -0.1) is 0 Å². The van der Waals surface area contributed by atoms with E-state index in [9.17, 15) is 4.79 Å². The monoisotopic (exact) mass is 249 g/mol. The van der Waals surface area contributed by atoms with Gasteiger partial charge in [-0.1, -0.05) is 6.92 Å². The molecule has 0 aliphatic carbocycles. The highest BCUT2D eigenvalue weighted by molar-refractivity contribution is 5.79. The molecule has 0 saturated carbocycles. The Kier molecular flexibility index (Phi) is 4.15. The van der Waals surface area contributed by atoms with Gasteiger partial charge in [0.05, 0.1) is 13.0 Å². The number of carbonyl (C=O) groups is 1. The zero-order valence-electron chi connectivity index (χ0n) is 10.8. The van der Waals surface area contributed by atoms with E-state index in [1.165, 1.54) is 0 Å². The highest BCUT2D eigenvalue weighted by Gasteiger charge is 2.29. The Hall–Kier alpha value is -1.62. The number of pyridine rings is 1. The molecule has 1 aromatic heterocycles. The molecular formula is C13H19N3O2. The van der Waals surface area contributed by atoms with Crippen LogP contribution in [0.1, 0.15) is 12.5 Å². The Balaban J connectivity index is 1.88. The first-order valence-corrected chi connectivity index (χ1v) is 6.18. The van der Waals surface area contributed by atoms with Gasteiger partial charge in [-0.2, -0.15) is 0 Å². The number of hydrogen-bond donors (Lipinski definition) is 2. The number of amides is 1. The maximum Gasteiger partial charge on any atom is 0.224 e. The molecule has 1 aliphatic heterocycles. The van der Waals surface area contributed by atoms with Gasteiger partial charge in [-0.05, 0) is 24.1 Å². The molecule has 0 spiro atoms. The Morgan fingerprint density at radius 3 is 3.11 bits per heavy atom. The number of nitrogens with zero attached hydrogens (tertiary/aromatic N) is 1. The summed E-state index contributed by atoms with van der Waals surface area (Å²) in [5.74, 6) is 1.16. The molecule has 2 rings (SSSR count). The van der Waals surface area contributed by atoms with E-state index in [-0.39, 0.29) is 11.8 Å². The molecule has 0 aromatic carbocycles. The van der Waals surface area contributed by atoms with Gasteiger partial charge in [0.15, 0.2) is 0 Å². The molecule has 2 N–H and O–H groups in total.